The van der Waals surface area contributed by atoms with Crippen LogP contribution in [0.15, 0.2) is 24.4 Å². The van der Waals surface area contributed by atoms with E-state index >= 15 is 0 Å². The van der Waals surface area contributed by atoms with Crippen LogP contribution in [0.25, 0.3) is 11.0 Å². The number of anilines is 2. The Morgan fingerprint density at radius 2 is 2.07 bits per heavy atom. The average molecular weight is 367 g/mol. The second-order valence-corrected chi connectivity index (χ2v) is 6.64. The lowest BCUT2D eigenvalue weighted by Gasteiger charge is -2.12. The Labute approximate surface area is 156 Å². The van der Waals surface area contributed by atoms with Crippen LogP contribution in [-0.4, -0.2) is 27.5 Å². The van der Waals surface area contributed by atoms with Crippen molar-refractivity contribution in [2.45, 2.75) is 33.2 Å². The third-order valence-electron chi connectivity index (χ3n) is 4.74. The molecular weight excluding hydrogens is 346 g/mol. The van der Waals surface area contributed by atoms with Crippen molar-refractivity contribution in [2.75, 3.05) is 17.8 Å². The van der Waals surface area contributed by atoms with Crippen molar-refractivity contribution in [1.29, 1.82) is 0 Å². The summed E-state index contributed by atoms with van der Waals surface area (Å²) in [5.41, 5.74) is 8.88. The van der Waals surface area contributed by atoms with E-state index in [1.54, 1.807) is 24.4 Å². The number of fused-ring (bicyclic) bond motifs is 2. The predicted molar refractivity (Wildman–Crippen MR) is 102 cm³/mol. The molecule has 1 unspecified atom stereocenters. The van der Waals surface area contributed by atoms with Crippen LogP contribution in [0, 0.1) is 6.92 Å². The van der Waals surface area contributed by atoms with Gasteiger partial charge in [-0.1, -0.05) is 6.92 Å². The first-order chi connectivity index (χ1) is 13.0. The quantitative estimate of drug-likeness (QED) is 0.686. The molecule has 0 saturated carbocycles. The number of ether oxygens (including phenoxy) is 2. The van der Waals surface area contributed by atoms with Gasteiger partial charge in [0.15, 0.2) is 17.1 Å². The normalized spacial score (nSPS) is 13.7. The summed E-state index contributed by atoms with van der Waals surface area (Å²) in [6.45, 7) is 6.16. The van der Waals surface area contributed by atoms with Crippen LogP contribution in [0.5, 0.6) is 11.5 Å². The van der Waals surface area contributed by atoms with Gasteiger partial charge in [0.05, 0.1) is 34.6 Å². The van der Waals surface area contributed by atoms with Crippen LogP contribution in [-0.2, 0) is 0 Å². The molecule has 1 amide bonds. The molecule has 0 saturated heterocycles. The van der Waals surface area contributed by atoms with Gasteiger partial charge in [0.1, 0.15) is 0 Å². The lowest BCUT2D eigenvalue weighted by atomic mass is 10.1. The Morgan fingerprint density at radius 3 is 2.81 bits per heavy atom. The summed E-state index contributed by atoms with van der Waals surface area (Å²) in [4.78, 5) is 17.6. The highest BCUT2D eigenvalue weighted by Gasteiger charge is 2.21. The fraction of sp³-hybridized carbons (Fsp3) is 0.316. The van der Waals surface area contributed by atoms with Crippen molar-refractivity contribution >= 4 is 28.3 Å². The molecular formula is C19H21N5O3. The minimum atomic E-state index is -0.278. The topological polar surface area (TPSA) is 104 Å². The fourth-order valence-electron chi connectivity index (χ4n) is 3.08. The summed E-state index contributed by atoms with van der Waals surface area (Å²) in [7, 11) is 0. The number of pyridine rings is 1. The van der Waals surface area contributed by atoms with E-state index in [4.69, 9.17) is 15.2 Å². The van der Waals surface area contributed by atoms with Gasteiger partial charge in [0.2, 0.25) is 6.79 Å². The molecule has 1 aromatic carbocycles. The molecule has 140 valence electrons. The summed E-state index contributed by atoms with van der Waals surface area (Å²) in [6, 6.07) is 5.26. The number of benzene rings is 1. The van der Waals surface area contributed by atoms with Gasteiger partial charge in [-0.3, -0.25) is 4.79 Å². The third kappa shape index (κ3) is 2.92. The maximum Gasteiger partial charge on any atom is 0.256 e. The highest BCUT2D eigenvalue weighted by Crippen LogP contribution is 2.38. The highest BCUT2D eigenvalue weighted by atomic mass is 16.7. The van der Waals surface area contributed by atoms with Crippen LogP contribution in [0.1, 0.15) is 42.4 Å². The number of amides is 1. The molecule has 0 radical (unpaired) electrons. The Bertz CT molecular complexity index is 1040. The maximum atomic E-state index is 13.0. The maximum absolute atomic E-state index is 13.0. The first-order valence-electron chi connectivity index (χ1n) is 8.83. The Kier molecular flexibility index (Phi) is 4.10. The van der Waals surface area contributed by atoms with E-state index in [1.165, 1.54) is 0 Å². The zero-order chi connectivity index (χ0) is 19.1. The third-order valence-corrected chi connectivity index (χ3v) is 4.74. The van der Waals surface area contributed by atoms with E-state index in [0.29, 0.717) is 39.5 Å². The first kappa shape index (κ1) is 17.1. The van der Waals surface area contributed by atoms with Gasteiger partial charge in [0, 0.05) is 17.8 Å². The van der Waals surface area contributed by atoms with E-state index in [0.717, 1.165) is 12.1 Å². The van der Waals surface area contributed by atoms with Crippen molar-refractivity contribution in [3.05, 3.63) is 35.7 Å². The summed E-state index contributed by atoms with van der Waals surface area (Å²) >= 11 is 0. The van der Waals surface area contributed by atoms with Crippen molar-refractivity contribution in [1.82, 2.24) is 14.8 Å². The molecule has 0 bridgehead atoms. The lowest BCUT2D eigenvalue weighted by Crippen LogP contribution is -2.14. The largest absolute Gasteiger partial charge is 0.454 e. The Morgan fingerprint density at radius 1 is 1.33 bits per heavy atom. The summed E-state index contributed by atoms with van der Waals surface area (Å²) in [5.74, 6) is 0.849. The van der Waals surface area contributed by atoms with E-state index in [9.17, 15) is 4.79 Å². The van der Waals surface area contributed by atoms with Crippen molar-refractivity contribution in [3.8, 4) is 11.5 Å². The Balaban J connectivity index is 1.72. The van der Waals surface area contributed by atoms with E-state index in [2.05, 4.69) is 29.2 Å². The van der Waals surface area contributed by atoms with Crippen LogP contribution >= 0.6 is 0 Å². The molecule has 0 spiro atoms. The summed E-state index contributed by atoms with van der Waals surface area (Å²) < 4.78 is 12.5. The molecule has 0 aliphatic carbocycles. The zero-order valence-corrected chi connectivity index (χ0v) is 15.4. The number of hydrogen-bond donors (Lipinski definition) is 2. The monoisotopic (exact) mass is 367 g/mol. The highest BCUT2D eigenvalue weighted by molar-refractivity contribution is 6.13. The van der Waals surface area contributed by atoms with Crippen LogP contribution < -0.4 is 20.5 Å². The molecule has 1 atom stereocenters. The molecule has 0 fully saturated rings. The number of rotatable bonds is 4. The number of hydrogen-bond acceptors (Lipinski definition) is 6. The second-order valence-electron chi connectivity index (χ2n) is 6.64. The minimum absolute atomic E-state index is 0.144. The lowest BCUT2D eigenvalue weighted by molar-refractivity contribution is 0.102. The number of nitrogen functional groups attached to an aromatic ring is 1. The molecule has 3 heterocycles. The van der Waals surface area contributed by atoms with Crippen molar-refractivity contribution in [3.63, 3.8) is 0 Å². The summed E-state index contributed by atoms with van der Waals surface area (Å²) in [5, 5.41) is 8.00. The van der Waals surface area contributed by atoms with Crippen molar-refractivity contribution < 1.29 is 14.3 Å². The van der Waals surface area contributed by atoms with Crippen molar-refractivity contribution in [2.24, 2.45) is 0 Å². The zero-order valence-electron chi connectivity index (χ0n) is 15.4. The van der Waals surface area contributed by atoms with Crippen LogP contribution in [0.3, 0.4) is 0 Å². The number of nitrogens with two attached hydrogens (primary N) is 1. The number of aromatic nitrogens is 3. The number of aryl methyl sites for hydroxylation is 1. The van der Waals surface area contributed by atoms with Crippen LogP contribution in [0.2, 0.25) is 0 Å². The SMILES string of the molecule is CCC(C)n1ncc2c(C(=O)Nc3cc4c(cc3N)OCO4)cc(C)nc21. The fourth-order valence-corrected chi connectivity index (χ4v) is 3.08. The predicted octanol–water partition coefficient (Wildman–Crippen LogP) is 3.27. The number of nitrogens with zero attached hydrogens (tertiary/aromatic N) is 3. The average Bonchev–Trinajstić information content (AvgIpc) is 3.26. The molecule has 3 N–H and O–H groups in total. The molecule has 4 rings (SSSR count). The summed E-state index contributed by atoms with van der Waals surface area (Å²) in [6.07, 6.45) is 2.60. The number of carbonyl (C=O) groups excluding carboxylic acids is 1. The molecule has 1 aliphatic rings. The number of nitrogens with one attached hydrogen (secondary N) is 1. The van der Waals surface area contributed by atoms with Gasteiger partial charge in [-0.15, -0.1) is 0 Å². The molecule has 3 aromatic rings. The van der Waals surface area contributed by atoms with Gasteiger partial charge >= 0.3 is 0 Å². The van der Waals surface area contributed by atoms with Crippen LogP contribution in [0.4, 0.5) is 11.4 Å². The van der Waals surface area contributed by atoms with Gasteiger partial charge in [-0.2, -0.15) is 5.10 Å². The van der Waals surface area contributed by atoms with Gasteiger partial charge in [0.25, 0.3) is 5.91 Å². The Hall–Kier alpha value is -3.29. The molecule has 1 aliphatic heterocycles. The first-order valence-corrected chi connectivity index (χ1v) is 8.83. The standard InChI is InChI=1S/C19H21N5O3/c1-4-11(3)24-18-13(8-21-24)12(5-10(2)22-18)19(25)23-15-7-17-16(6-14(15)20)26-9-27-17/h5-8,11H,4,9,20H2,1-3H3,(H,23,25). The minimum Gasteiger partial charge on any atom is -0.454 e. The number of carbonyl (C=O) groups is 1. The van der Waals surface area contributed by atoms with Gasteiger partial charge in [-0.05, 0) is 26.3 Å². The molecule has 8 heteroatoms. The van der Waals surface area contributed by atoms with E-state index < -0.39 is 0 Å². The van der Waals surface area contributed by atoms with Gasteiger partial charge in [-0.25, -0.2) is 9.67 Å². The van der Waals surface area contributed by atoms with Gasteiger partial charge < -0.3 is 20.5 Å². The molecule has 27 heavy (non-hydrogen) atoms. The second kappa shape index (κ2) is 6.46. The van der Waals surface area contributed by atoms with E-state index in [-0.39, 0.29) is 18.7 Å². The molecule has 8 nitrogen and oxygen atoms in total. The smallest absolute Gasteiger partial charge is 0.256 e. The van der Waals surface area contributed by atoms with E-state index in [1.807, 2.05) is 11.6 Å². The molecule has 2 aromatic heterocycles.